The van der Waals surface area contributed by atoms with Crippen LogP contribution in [0.1, 0.15) is 0 Å². The number of nitrogens with zero attached hydrogens (tertiary/aromatic N) is 3. The van der Waals surface area contributed by atoms with E-state index in [1.807, 2.05) is 30.6 Å². The first kappa shape index (κ1) is 33.6. The van der Waals surface area contributed by atoms with E-state index in [-0.39, 0.29) is 0 Å². The zero-order valence-electron chi connectivity index (χ0n) is 31.5. The summed E-state index contributed by atoms with van der Waals surface area (Å²) < 4.78 is 0. The summed E-state index contributed by atoms with van der Waals surface area (Å²) in [7, 11) is 0. The maximum absolute atomic E-state index is 5.30. The Kier molecular flexibility index (Phi) is 8.15. The van der Waals surface area contributed by atoms with Gasteiger partial charge >= 0.3 is 0 Å². The Morgan fingerprint density at radius 3 is 1.53 bits per heavy atom. The van der Waals surface area contributed by atoms with Crippen LogP contribution in [0.2, 0.25) is 0 Å². The van der Waals surface area contributed by atoms with Gasteiger partial charge in [0.05, 0.1) is 11.4 Å². The third kappa shape index (κ3) is 5.89. The molecule has 0 aliphatic heterocycles. The van der Waals surface area contributed by atoms with Gasteiger partial charge in [-0.25, -0.2) is 9.97 Å². The third-order valence-electron chi connectivity index (χ3n) is 11.4. The van der Waals surface area contributed by atoms with Crippen LogP contribution in [-0.2, 0) is 0 Å². The van der Waals surface area contributed by atoms with E-state index in [4.69, 9.17) is 9.97 Å². The molecule has 270 valence electrons. The molecular weight excluding hydrogens is 703 g/mol. The lowest BCUT2D eigenvalue weighted by Crippen LogP contribution is -1.97. The number of pyridine rings is 1. The summed E-state index contributed by atoms with van der Waals surface area (Å²) in [6.45, 7) is 0. The molecule has 0 aliphatic rings. The minimum atomic E-state index is 0.679. The quantitative estimate of drug-likeness (QED) is 0.160. The van der Waals surface area contributed by atoms with Crippen LogP contribution in [0.3, 0.4) is 0 Å². The van der Waals surface area contributed by atoms with Crippen LogP contribution in [-0.4, -0.2) is 15.0 Å². The van der Waals surface area contributed by atoms with Gasteiger partial charge in [0.1, 0.15) is 0 Å². The Balaban J connectivity index is 1.10. The second kappa shape index (κ2) is 14.1. The van der Waals surface area contributed by atoms with Crippen molar-refractivity contribution in [3.63, 3.8) is 0 Å². The molecule has 0 aliphatic carbocycles. The normalized spacial score (nSPS) is 11.4. The van der Waals surface area contributed by atoms with E-state index >= 15 is 0 Å². The molecule has 2 aromatic heterocycles. The molecule has 58 heavy (non-hydrogen) atoms. The summed E-state index contributed by atoms with van der Waals surface area (Å²) in [5.41, 5.74) is 11.7. The molecule has 9 aromatic carbocycles. The van der Waals surface area contributed by atoms with Crippen LogP contribution in [0.15, 0.2) is 213 Å². The van der Waals surface area contributed by atoms with Gasteiger partial charge < -0.3 is 0 Å². The Morgan fingerprint density at radius 2 is 0.810 bits per heavy atom. The predicted molar refractivity (Wildman–Crippen MR) is 242 cm³/mol. The van der Waals surface area contributed by atoms with Gasteiger partial charge in [-0.2, -0.15) is 0 Å². The van der Waals surface area contributed by atoms with E-state index in [9.17, 15) is 0 Å². The molecule has 0 unspecified atom stereocenters. The van der Waals surface area contributed by atoms with E-state index in [0.717, 1.165) is 44.8 Å². The minimum absolute atomic E-state index is 0.679. The van der Waals surface area contributed by atoms with Crippen molar-refractivity contribution in [3.8, 4) is 67.3 Å². The number of benzene rings is 9. The van der Waals surface area contributed by atoms with Gasteiger partial charge in [-0.15, -0.1) is 0 Å². The maximum atomic E-state index is 5.30. The molecule has 0 radical (unpaired) electrons. The molecule has 0 N–H and O–H groups in total. The van der Waals surface area contributed by atoms with Crippen LogP contribution < -0.4 is 0 Å². The van der Waals surface area contributed by atoms with Crippen molar-refractivity contribution in [2.45, 2.75) is 0 Å². The zero-order valence-corrected chi connectivity index (χ0v) is 31.5. The highest BCUT2D eigenvalue weighted by Crippen LogP contribution is 2.43. The molecule has 0 saturated carbocycles. The zero-order chi connectivity index (χ0) is 38.4. The second-order valence-electron chi connectivity index (χ2n) is 14.8. The standard InChI is InChI=1S/C55H35N3/c1-2-14-38(15-3-1)53-35-54(48-24-11-6-19-43(48)37-27-29-56-30-28-37)58-55(57-53)42-18-12-17-40(32-42)49-33-51-47-23-10-8-21-45(47)50(34-52(51)46-22-9-7-20-44(46)49)41-26-25-36-13-4-5-16-39(36)31-41/h1-35H. The van der Waals surface area contributed by atoms with Crippen LogP contribution in [0, 0.1) is 0 Å². The lowest BCUT2D eigenvalue weighted by Gasteiger charge is -2.17. The topological polar surface area (TPSA) is 38.7 Å². The van der Waals surface area contributed by atoms with Gasteiger partial charge in [0.2, 0.25) is 0 Å². The molecule has 0 bridgehead atoms. The highest BCUT2D eigenvalue weighted by molar-refractivity contribution is 6.24. The summed E-state index contributed by atoms with van der Waals surface area (Å²) >= 11 is 0. The Labute approximate surface area is 336 Å². The molecule has 11 rings (SSSR count). The largest absolute Gasteiger partial charge is 0.265 e. The van der Waals surface area contributed by atoms with Crippen molar-refractivity contribution in [2.24, 2.45) is 0 Å². The summed E-state index contributed by atoms with van der Waals surface area (Å²) in [4.78, 5) is 14.8. The van der Waals surface area contributed by atoms with Crippen LogP contribution in [0.25, 0.3) is 110 Å². The van der Waals surface area contributed by atoms with Gasteiger partial charge in [0.15, 0.2) is 5.82 Å². The highest BCUT2D eigenvalue weighted by atomic mass is 14.9. The molecule has 0 fully saturated rings. The molecule has 3 nitrogen and oxygen atoms in total. The van der Waals surface area contributed by atoms with Gasteiger partial charge in [-0.3, -0.25) is 4.98 Å². The van der Waals surface area contributed by atoms with Gasteiger partial charge in [-0.05, 0) is 119 Å². The first-order valence-corrected chi connectivity index (χ1v) is 19.7. The first-order chi connectivity index (χ1) is 28.7. The number of aromatic nitrogens is 3. The monoisotopic (exact) mass is 737 g/mol. The minimum Gasteiger partial charge on any atom is -0.265 e. The molecule has 0 spiro atoms. The van der Waals surface area contributed by atoms with E-state index in [2.05, 4.69) is 187 Å². The van der Waals surface area contributed by atoms with Gasteiger partial charge in [-0.1, -0.05) is 158 Å². The fourth-order valence-corrected chi connectivity index (χ4v) is 8.57. The number of hydrogen-bond donors (Lipinski definition) is 0. The summed E-state index contributed by atoms with van der Waals surface area (Å²) in [6.07, 6.45) is 3.67. The summed E-state index contributed by atoms with van der Waals surface area (Å²) in [5.74, 6) is 0.679. The molecule has 3 heteroatoms. The fraction of sp³-hybridized carbons (Fsp3) is 0. The molecule has 2 heterocycles. The van der Waals surface area contributed by atoms with Gasteiger partial charge in [0.25, 0.3) is 0 Å². The van der Waals surface area contributed by atoms with Crippen LogP contribution >= 0.6 is 0 Å². The van der Waals surface area contributed by atoms with E-state index < -0.39 is 0 Å². The van der Waals surface area contributed by atoms with E-state index in [0.29, 0.717) is 5.82 Å². The summed E-state index contributed by atoms with van der Waals surface area (Å²) in [6, 6.07) is 71.6. The Morgan fingerprint density at radius 1 is 0.259 bits per heavy atom. The lowest BCUT2D eigenvalue weighted by molar-refractivity contribution is 1.18. The van der Waals surface area contributed by atoms with E-state index in [1.54, 1.807) is 0 Å². The van der Waals surface area contributed by atoms with Crippen LogP contribution in [0.5, 0.6) is 0 Å². The Hall–Kier alpha value is -7.75. The summed E-state index contributed by atoms with van der Waals surface area (Å²) in [5, 5.41) is 9.88. The van der Waals surface area contributed by atoms with Crippen molar-refractivity contribution in [1.29, 1.82) is 0 Å². The van der Waals surface area contributed by atoms with Crippen molar-refractivity contribution in [2.75, 3.05) is 0 Å². The lowest BCUT2D eigenvalue weighted by atomic mass is 9.87. The number of fused-ring (bicyclic) bond motifs is 6. The maximum Gasteiger partial charge on any atom is 0.160 e. The highest BCUT2D eigenvalue weighted by Gasteiger charge is 2.17. The van der Waals surface area contributed by atoms with Crippen molar-refractivity contribution in [3.05, 3.63) is 213 Å². The average molecular weight is 738 g/mol. The molecular formula is C55H35N3. The molecule has 11 aromatic rings. The second-order valence-corrected chi connectivity index (χ2v) is 14.8. The van der Waals surface area contributed by atoms with Crippen molar-refractivity contribution in [1.82, 2.24) is 15.0 Å². The smallest absolute Gasteiger partial charge is 0.160 e. The van der Waals surface area contributed by atoms with Crippen molar-refractivity contribution < 1.29 is 0 Å². The van der Waals surface area contributed by atoms with E-state index in [1.165, 1.54) is 59.8 Å². The van der Waals surface area contributed by atoms with Crippen LogP contribution in [0.4, 0.5) is 0 Å². The molecule has 0 amide bonds. The Bertz CT molecular complexity index is 3340. The number of rotatable bonds is 6. The molecule has 0 atom stereocenters. The van der Waals surface area contributed by atoms with Crippen molar-refractivity contribution >= 4 is 43.1 Å². The third-order valence-corrected chi connectivity index (χ3v) is 11.4. The number of hydrogen-bond acceptors (Lipinski definition) is 3. The molecule has 0 saturated heterocycles. The SMILES string of the molecule is c1ccc(-c2cc(-c3ccccc3-c3ccncc3)nc(-c3cccc(-c4cc5c6ccccc6c(-c6ccc7ccccc7c6)cc5c5ccccc45)c3)n2)cc1. The fourth-order valence-electron chi connectivity index (χ4n) is 8.57. The average Bonchev–Trinajstić information content (AvgIpc) is 3.31. The van der Waals surface area contributed by atoms with Gasteiger partial charge in [0, 0.05) is 29.1 Å². The first-order valence-electron chi connectivity index (χ1n) is 19.7. The predicted octanol–water partition coefficient (Wildman–Crippen LogP) is 14.5.